The number of piperazine rings is 1. The molecule has 1 fully saturated rings. The molecule has 1 amide bonds. The monoisotopic (exact) mass is 385 g/mol. The molecule has 0 aromatic carbocycles. The standard InChI is InChI=1S/C16H24BrN3O3/c1-11-10-19(14-13(22-5)8-12(17)9-18-14)6-7-20(11)15(21)23-16(2,3)4/h8-9,11H,6-7,10H2,1-5H3. The summed E-state index contributed by atoms with van der Waals surface area (Å²) in [7, 11) is 1.63. The number of amides is 1. The summed E-state index contributed by atoms with van der Waals surface area (Å²) in [5.41, 5.74) is -0.482. The first-order chi connectivity index (χ1) is 10.7. The van der Waals surface area contributed by atoms with Crippen molar-refractivity contribution >= 4 is 27.8 Å². The van der Waals surface area contributed by atoms with Gasteiger partial charge in [0, 0.05) is 36.3 Å². The quantitative estimate of drug-likeness (QED) is 0.781. The van der Waals surface area contributed by atoms with Crippen LogP contribution in [0.25, 0.3) is 0 Å². The van der Waals surface area contributed by atoms with Crippen molar-refractivity contribution in [1.82, 2.24) is 9.88 Å². The normalized spacial score (nSPS) is 18.8. The molecule has 1 aromatic heterocycles. The zero-order chi connectivity index (χ0) is 17.2. The molecule has 1 aliphatic rings. The maximum absolute atomic E-state index is 12.3. The molecule has 128 valence electrons. The number of methoxy groups -OCH3 is 1. The van der Waals surface area contributed by atoms with Crippen LogP contribution in [0, 0.1) is 0 Å². The van der Waals surface area contributed by atoms with Gasteiger partial charge in [0.1, 0.15) is 5.60 Å². The van der Waals surface area contributed by atoms with E-state index in [9.17, 15) is 4.79 Å². The van der Waals surface area contributed by atoms with Crippen LogP contribution in [0.3, 0.4) is 0 Å². The van der Waals surface area contributed by atoms with Crippen LogP contribution in [0.1, 0.15) is 27.7 Å². The van der Waals surface area contributed by atoms with Crippen LogP contribution in [0.15, 0.2) is 16.7 Å². The molecule has 6 nitrogen and oxygen atoms in total. The number of anilines is 1. The van der Waals surface area contributed by atoms with Crippen LogP contribution in [-0.4, -0.2) is 54.4 Å². The average Bonchev–Trinajstić information content (AvgIpc) is 2.44. The van der Waals surface area contributed by atoms with Gasteiger partial charge in [0.2, 0.25) is 0 Å². The fourth-order valence-corrected chi connectivity index (χ4v) is 2.85. The third-order valence-corrected chi connectivity index (χ3v) is 4.01. The number of halogens is 1. The lowest BCUT2D eigenvalue weighted by atomic mass is 10.2. The Hall–Kier alpha value is -1.50. The number of pyridine rings is 1. The first-order valence-corrected chi connectivity index (χ1v) is 8.44. The van der Waals surface area contributed by atoms with Gasteiger partial charge in [-0.15, -0.1) is 0 Å². The molecular formula is C16H24BrN3O3. The summed E-state index contributed by atoms with van der Waals surface area (Å²) in [4.78, 5) is 20.6. The fraction of sp³-hybridized carbons (Fsp3) is 0.625. The Bertz CT molecular complexity index is 574. The van der Waals surface area contributed by atoms with Crippen molar-refractivity contribution in [1.29, 1.82) is 0 Å². The second kappa shape index (κ2) is 6.95. The van der Waals surface area contributed by atoms with E-state index in [-0.39, 0.29) is 12.1 Å². The van der Waals surface area contributed by atoms with Crippen LogP contribution >= 0.6 is 15.9 Å². The van der Waals surface area contributed by atoms with Crippen LogP contribution < -0.4 is 9.64 Å². The maximum atomic E-state index is 12.3. The lowest BCUT2D eigenvalue weighted by Gasteiger charge is -2.40. The van der Waals surface area contributed by atoms with Crippen LogP contribution in [0.2, 0.25) is 0 Å². The van der Waals surface area contributed by atoms with Gasteiger partial charge < -0.3 is 19.3 Å². The van der Waals surface area contributed by atoms with Crippen molar-refractivity contribution in [2.24, 2.45) is 0 Å². The highest BCUT2D eigenvalue weighted by Crippen LogP contribution is 2.30. The summed E-state index contributed by atoms with van der Waals surface area (Å²) >= 11 is 3.40. The highest BCUT2D eigenvalue weighted by Gasteiger charge is 2.32. The van der Waals surface area contributed by atoms with E-state index in [1.54, 1.807) is 18.2 Å². The van der Waals surface area contributed by atoms with E-state index in [1.807, 2.05) is 33.8 Å². The number of carbonyl (C=O) groups excluding carboxylic acids is 1. The van der Waals surface area contributed by atoms with Gasteiger partial charge in [-0.25, -0.2) is 9.78 Å². The molecule has 1 unspecified atom stereocenters. The van der Waals surface area contributed by atoms with E-state index < -0.39 is 5.60 Å². The summed E-state index contributed by atoms with van der Waals surface area (Å²) < 4.78 is 11.8. The average molecular weight is 386 g/mol. The van der Waals surface area contributed by atoms with Crippen molar-refractivity contribution in [2.45, 2.75) is 39.3 Å². The smallest absolute Gasteiger partial charge is 0.410 e. The summed E-state index contributed by atoms with van der Waals surface area (Å²) in [6, 6.07) is 1.93. The zero-order valence-electron chi connectivity index (χ0n) is 14.3. The number of hydrogen-bond acceptors (Lipinski definition) is 5. The molecule has 0 spiro atoms. The topological polar surface area (TPSA) is 54.9 Å². The van der Waals surface area contributed by atoms with Gasteiger partial charge in [-0.2, -0.15) is 0 Å². The van der Waals surface area contributed by atoms with Gasteiger partial charge in [-0.1, -0.05) is 0 Å². The highest BCUT2D eigenvalue weighted by molar-refractivity contribution is 9.10. The van der Waals surface area contributed by atoms with Gasteiger partial charge >= 0.3 is 6.09 Å². The Balaban J connectivity index is 2.08. The van der Waals surface area contributed by atoms with Crippen molar-refractivity contribution in [3.05, 3.63) is 16.7 Å². The number of aromatic nitrogens is 1. The second-order valence-corrected chi connectivity index (χ2v) is 7.56. The number of carbonyl (C=O) groups is 1. The van der Waals surface area contributed by atoms with Gasteiger partial charge in [-0.3, -0.25) is 0 Å². The molecule has 2 rings (SSSR count). The first kappa shape index (κ1) is 17.8. The van der Waals surface area contributed by atoms with Gasteiger partial charge in [0.05, 0.1) is 7.11 Å². The minimum absolute atomic E-state index is 0.0359. The Labute approximate surface area is 145 Å². The van der Waals surface area contributed by atoms with Gasteiger partial charge in [0.25, 0.3) is 0 Å². The number of rotatable bonds is 2. The molecule has 0 N–H and O–H groups in total. The second-order valence-electron chi connectivity index (χ2n) is 6.65. The predicted octanol–water partition coefficient (Wildman–Crippen LogP) is 3.30. The lowest BCUT2D eigenvalue weighted by molar-refractivity contribution is 0.0158. The van der Waals surface area contributed by atoms with Gasteiger partial charge in [0.15, 0.2) is 11.6 Å². The fourth-order valence-electron chi connectivity index (χ4n) is 2.54. The molecule has 0 saturated carbocycles. The van der Waals surface area contributed by atoms with E-state index in [1.165, 1.54) is 0 Å². The number of hydrogen-bond donors (Lipinski definition) is 0. The molecule has 1 aliphatic heterocycles. The molecule has 0 bridgehead atoms. The summed E-state index contributed by atoms with van der Waals surface area (Å²) in [6.45, 7) is 9.62. The van der Waals surface area contributed by atoms with Crippen molar-refractivity contribution in [3.63, 3.8) is 0 Å². The largest absolute Gasteiger partial charge is 0.493 e. The van der Waals surface area contributed by atoms with E-state index >= 15 is 0 Å². The molecule has 23 heavy (non-hydrogen) atoms. The first-order valence-electron chi connectivity index (χ1n) is 7.65. The minimum Gasteiger partial charge on any atom is -0.493 e. The zero-order valence-corrected chi connectivity index (χ0v) is 15.9. The number of nitrogens with zero attached hydrogens (tertiary/aromatic N) is 3. The van der Waals surface area contributed by atoms with E-state index in [0.717, 1.165) is 16.0 Å². The Morgan fingerprint density at radius 3 is 2.65 bits per heavy atom. The molecular weight excluding hydrogens is 362 g/mol. The van der Waals surface area contributed by atoms with Crippen molar-refractivity contribution < 1.29 is 14.3 Å². The van der Waals surface area contributed by atoms with E-state index in [0.29, 0.717) is 19.6 Å². The van der Waals surface area contributed by atoms with Crippen LogP contribution in [0.5, 0.6) is 5.75 Å². The Kier molecular flexibility index (Phi) is 5.39. The van der Waals surface area contributed by atoms with Crippen molar-refractivity contribution in [3.8, 4) is 5.75 Å². The highest BCUT2D eigenvalue weighted by atomic mass is 79.9. The summed E-state index contributed by atoms with van der Waals surface area (Å²) in [5.74, 6) is 1.52. The predicted molar refractivity (Wildman–Crippen MR) is 93.1 cm³/mol. The molecule has 2 heterocycles. The maximum Gasteiger partial charge on any atom is 0.410 e. The molecule has 1 aromatic rings. The summed E-state index contributed by atoms with van der Waals surface area (Å²) in [6.07, 6.45) is 1.49. The number of ether oxygens (including phenoxy) is 2. The molecule has 0 radical (unpaired) electrons. The van der Waals surface area contributed by atoms with Crippen molar-refractivity contribution in [2.75, 3.05) is 31.6 Å². The minimum atomic E-state index is -0.482. The van der Waals surface area contributed by atoms with E-state index in [2.05, 4.69) is 25.8 Å². The third-order valence-electron chi connectivity index (χ3n) is 3.57. The SMILES string of the molecule is COc1cc(Br)cnc1N1CCN(C(=O)OC(C)(C)C)C(C)C1. The molecule has 7 heteroatoms. The lowest BCUT2D eigenvalue weighted by Crippen LogP contribution is -2.55. The summed E-state index contributed by atoms with van der Waals surface area (Å²) in [5, 5.41) is 0. The molecule has 1 atom stereocenters. The van der Waals surface area contributed by atoms with E-state index in [4.69, 9.17) is 9.47 Å². The van der Waals surface area contributed by atoms with Crippen LogP contribution in [-0.2, 0) is 4.74 Å². The third kappa shape index (κ3) is 4.50. The Morgan fingerprint density at radius 1 is 1.39 bits per heavy atom. The molecule has 0 aliphatic carbocycles. The van der Waals surface area contributed by atoms with Crippen LogP contribution in [0.4, 0.5) is 10.6 Å². The Morgan fingerprint density at radius 2 is 2.09 bits per heavy atom. The van der Waals surface area contributed by atoms with Gasteiger partial charge in [-0.05, 0) is 49.7 Å². The molecule has 1 saturated heterocycles.